The Hall–Kier alpha value is -2.20. The maximum Gasteiger partial charge on any atom is 0.253 e. The van der Waals surface area contributed by atoms with E-state index in [4.69, 9.17) is 17.0 Å². The summed E-state index contributed by atoms with van der Waals surface area (Å²) in [5, 5.41) is 9.27. The molecule has 0 radical (unpaired) electrons. The van der Waals surface area contributed by atoms with Crippen LogP contribution in [0.3, 0.4) is 0 Å². The van der Waals surface area contributed by atoms with E-state index < -0.39 is 0 Å². The zero-order chi connectivity index (χ0) is 23.5. The molecule has 3 aromatic carbocycles. The van der Waals surface area contributed by atoms with E-state index in [1.807, 2.05) is 36.4 Å². The number of benzene rings is 3. The first-order valence-electron chi connectivity index (χ1n) is 10.4. The van der Waals surface area contributed by atoms with Crippen molar-refractivity contribution in [2.45, 2.75) is 13.1 Å². The molecule has 1 amide bonds. The number of halogens is 4. The molecule has 0 aliphatic heterocycles. The van der Waals surface area contributed by atoms with Crippen LogP contribution in [0.15, 0.2) is 77.3 Å². The fourth-order valence-corrected chi connectivity index (χ4v) is 4.29. The predicted molar refractivity (Wildman–Crippen MR) is 153 cm³/mol. The van der Waals surface area contributed by atoms with Crippen LogP contribution in [0, 0.1) is 5.41 Å². The number of carbonyl (C=O) groups is 2. The fraction of sp³-hybridized carbons (Fsp3) is 0.160. The minimum atomic E-state index is -0.101. The number of carbonyl (C=O) groups excluding carboxylic acids is 2. The van der Waals surface area contributed by atoms with Crippen molar-refractivity contribution >= 4 is 84.2 Å². The standard InChI is InChI=1S/C25H22BrClN4O2.2BrH/c1-29(24(33)18-6-3-2-4-7-18)14-15-30-23-20(27)8-5-9-21(23)31(25(30)28)16-22(32)17-10-12-19(26)13-11-17;;/h2-13,28H,14-16H2,1H3;2*1H. The number of hydrogen-bond acceptors (Lipinski definition) is 3. The topological polar surface area (TPSA) is 71.1 Å². The molecule has 0 bridgehead atoms. The first kappa shape index (κ1) is 29.0. The fourth-order valence-electron chi connectivity index (χ4n) is 3.76. The summed E-state index contributed by atoms with van der Waals surface area (Å²) in [6.45, 7) is 0.770. The first-order valence-corrected chi connectivity index (χ1v) is 11.6. The lowest BCUT2D eigenvalue weighted by Crippen LogP contribution is -2.34. The van der Waals surface area contributed by atoms with Crippen LogP contribution >= 0.6 is 61.5 Å². The number of para-hydroxylation sites is 1. The monoisotopic (exact) mass is 684 g/mol. The molecule has 0 aliphatic carbocycles. The molecule has 0 unspecified atom stereocenters. The molecule has 0 aliphatic rings. The Balaban J connectivity index is 0.00000216. The van der Waals surface area contributed by atoms with Crippen molar-refractivity contribution in [1.82, 2.24) is 14.0 Å². The molecule has 4 aromatic rings. The molecule has 1 aromatic heterocycles. The second-order valence-corrected chi connectivity index (χ2v) is 9.01. The van der Waals surface area contributed by atoms with Gasteiger partial charge in [-0.3, -0.25) is 15.0 Å². The number of imidazole rings is 1. The lowest BCUT2D eigenvalue weighted by Gasteiger charge is -2.18. The summed E-state index contributed by atoms with van der Waals surface area (Å²) in [5.74, 6) is -0.195. The summed E-state index contributed by atoms with van der Waals surface area (Å²) < 4.78 is 4.30. The number of Topliss-reactive ketones (excluding diaryl/α,β-unsaturated/α-hetero) is 1. The second-order valence-electron chi connectivity index (χ2n) is 7.69. The van der Waals surface area contributed by atoms with E-state index in [0.717, 1.165) is 4.47 Å². The Kier molecular flexibility index (Phi) is 10.5. The van der Waals surface area contributed by atoms with Gasteiger partial charge in [0.2, 0.25) is 5.62 Å². The summed E-state index contributed by atoms with van der Waals surface area (Å²) in [4.78, 5) is 27.2. The van der Waals surface area contributed by atoms with Crippen LogP contribution in [-0.4, -0.2) is 39.3 Å². The van der Waals surface area contributed by atoms with Gasteiger partial charge in [-0.05, 0) is 36.4 Å². The van der Waals surface area contributed by atoms with Gasteiger partial charge in [0.1, 0.15) is 0 Å². The predicted octanol–water partition coefficient (Wildman–Crippen LogP) is 6.15. The SMILES string of the molecule is Br.Br.CN(CCn1c(=N)n(CC(=O)c2ccc(Br)cc2)c2cccc(Cl)c21)C(=O)c1ccccc1. The highest BCUT2D eigenvalue weighted by Crippen LogP contribution is 2.23. The van der Waals surface area contributed by atoms with Gasteiger partial charge in [0, 0.05) is 35.7 Å². The van der Waals surface area contributed by atoms with E-state index in [9.17, 15) is 9.59 Å². The normalized spacial score (nSPS) is 10.4. The molecular formula is C25H24Br3ClN4O2. The molecular weight excluding hydrogens is 663 g/mol. The van der Waals surface area contributed by atoms with E-state index in [1.54, 1.807) is 57.5 Å². The molecule has 184 valence electrons. The number of amides is 1. The molecule has 35 heavy (non-hydrogen) atoms. The Morgan fingerprint density at radius 1 is 0.914 bits per heavy atom. The molecule has 0 fully saturated rings. The van der Waals surface area contributed by atoms with Gasteiger partial charge in [0.25, 0.3) is 5.91 Å². The van der Waals surface area contributed by atoms with Crippen molar-refractivity contribution < 1.29 is 9.59 Å². The number of fused-ring (bicyclic) bond motifs is 1. The molecule has 0 saturated heterocycles. The van der Waals surface area contributed by atoms with Crippen molar-refractivity contribution in [3.63, 3.8) is 0 Å². The van der Waals surface area contributed by atoms with E-state index >= 15 is 0 Å². The molecule has 4 rings (SSSR count). The minimum absolute atomic E-state index is 0. The highest BCUT2D eigenvalue weighted by molar-refractivity contribution is 9.10. The van der Waals surface area contributed by atoms with Crippen molar-refractivity contribution in [2.75, 3.05) is 13.6 Å². The van der Waals surface area contributed by atoms with E-state index in [1.165, 1.54) is 0 Å². The van der Waals surface area contributed by atoms with Gasteiger partial charge >= 0.3 is 0 Å². The van der Waals surface area contributed by atoms with Crippen LogP contribution in [0.5, 0.6) is 0 Å². The molecule has 10 heteroatoms. The van der Waals surface area contributed by atoms with E-state index in [0.29, 0.717) is 40.3 Å². The largest absolute Gasteiger partial charge is 0.340 e. The number of rotatable bonds is 7. The number of aromatic nitrogens is 2. The van der Waals surface area contributed by atoms with Crippen molar-refractivity contribution in [2.24, 2.45) is 0 Å². The van der Waals surface area contributed by atoms with Crippen LogP contribution in [0.4, 0.5) is 0 Å². The van der Waals surface area contributed by atoms with Crippen molar-refractivity contribution in [3.8, 4) is 0 Å². The van der Waals surface area contributed by atoms with E-state index in [-0.39, 0.29) is 57.8 Å². The van der Waals surface area contributed by atoms with E-state index in [2.05, 4.69) is 15.9 Å². The third-order valence-corrected chi connectivity index (χ3v) is 6.37. The number of ketones is 1. The van der Waals surface area contributed by atoms with Crippen molar-refractivity contribution in [1.29, 1.82) is 5.41 Å². The van der Waals surface area contributed by atoms with Crippen molar-refractivity contribution in [3.05, 3.63) is 99.0 Å². The van der Waals surface area contributed by atoms with Crippen LogP contribution in [0.1, 0.15) is 20.7 Å². The van der Waals surface area contributed by atoms with Gasteiger partial charge < -0.3 is 14.0 Å². The van der Waals surface area contributed by atoms with Crippen LogP contribution in [-0.2, 0) is 13.1 Å². The van der Waals surface area contributed by atoms with Crippen LogP contribution < -0.4 is 5.62 Å². The average molecular weight is 688 g/mol. The average Bonchev–Trinajstić information content (AvgIpc) is 3.09. The minimum Gasteiger partial charge on any atom is -0.340 e. The van der Waals surface area contributed by atoms with Gasteiger partial charge in [-0.25, -0.2) is 0 Å². The van der Waals surface area contributed by atoms with Gasteiger partial charge in [-0.15, -0.1) is 34.0 Å². The van der Waals surface area contributed by atoms with Crippen LogP contribution in [0.25, 0.3) is 11.0 Å². The van der Waals surface area contributed by atoms with Crippen LogP contribution in [0.2, 0.25) is 5.02 Å². The van der Waals surface area contributed by atoms with Gasteiger partial charge in [-0.1, -0.05) is 63.9 Å². The molecule has 1 N–H and O–H groups in total. The zero-order valence-electron chi connectivity index (χ0n) is 18.8. The Labute approximate surface area is 237 Å². The molecule has 1 heterocycles. The zero-order valence-corrected chi connectivity index (χ0v) is 24.5. The molecule has 0 spiro atoms. The summed E-state index contributed by atoms with van der Waals surface area (Å²) >= 11 is 9.88. The highest BCUT2D eigenvalue weighted by atomic mass is 79.9. The third-order valence-electron chi connectivity index (χ3n) is 5.53. The maximum atomic E-state index is 12.9. The summed E-state index contributed by atoms with van der Waals surface area (Å²) in [7, 11) is 1.73. The Morgan fingerprint density at radius 3 is 2.23 bits per heavy atom. The maximum absolute atomic E-state index is 12.9. The quantitative estimate of drug-likeness (QED) is 0.237. The Morgan fingerprint density at radius 2 is 1.57 bits per heavy atom. The van der Waals surface area contributed by atoms with Gasteiger partial charge in [0.15, 0.2) is 5.78 Å². The number of nitrogens with one attached hydrogen (secondary N) is 1. The van der Waals surface area contributed by atoms with Gasteiger partial charge in [-0.2, -0.15) is 0 Å². The molecule has 0 atom stereocenters. The molecule has 6 nitrogen and oxygen atoms in total. The molecule has 0 saturated carbocycles. The summed E-state index contributed by atoms with van der Waals surface area (Å²) in [6, 6.07) is 21.6. The number of likely N-dealkylation sites (N-methyl/N-ethyl adjacent to an activating group) is 1. The lowest BCUT2D eigenvalue weighted by molar-refractivity contribution is 0.0790. The summed E-state index contributed by atoms with van der Waals surface area (Å²) in [6.07, 6.45) is 0. The summed E-state index contributed by atoms with van der Waals surface area (Å²) in [5.41, 5.74) is 2.71. The lowest BCUT2D eigenvalue weighted by atomic mass is 10.1. The highest BCUT2D eigenvalue weighted by Gasteiger charge is 2.18. The Bertz CT molecular complexity index is 1390. The third kappa shape index (κ3) is 6.33. The number of hydrogen-bond donors (Lipinski definition) is 1. The number of nitrogens with zero attached hydrogens (tertiary/aromatic N) is 3. The van der Waals surface area contributed by atoms with Gasteiger partial charge in [0.05, 0.1) is 22.6 Å². The second kappa shape index (κ2) is 12.7. The smallest absolute Gasteiger partial charge is 0.253 e. The first-order chi connectivity index (χ1) is 15.9.